The van der Waals surface area contributed by atoms with Crippen molar-refractivity contribution in [1.29, 1.82) is 0 Å². The molecule has 0 amide bonds. The van der Waals surface area contributed by atoms with Gasteiger partial charge in [0.15, 0.2) is 0 Å². The van der Waals surface area contributed by atoms with Gasteiger partial charge in [0.2, 0.25) is 0 Å². The zero-order valence-corrected chi connectivity index (χ0v) is 8.41. The topological polar surface area (TPSA) is 0 Å². The second-order valence-electron chi connectivity index (χ2n) is 1.68. The first-order valence-electron chi connectivity index (χ1n) is 2.06. The van der Waals surface area contributed by atoms with Gasteiger partial charge in [0.1, 0.15) is 0 Å². The van der Waals surface area contributed by atoms with Crippen LogP contribution in [-0.2, 0) is 32.7 Å². The van der Waals surface area contributed by atoms with E-state index in [0.29, 0.717) is 0 Å². The molecule has 0 spiro atoms. The normalized spacial score (nSPS) is 6.86. The van der Waals surface area contributed by atoms with Gasteiger partial charge in [-0.3, -0.25) is 0 Å². The Hall–Kier alpha value is 1.10. The largest absolute Gasteiger partial charge is 0.358 e. The number of rotatable bonds is 1. The van der Waals surface area contributed by atoms with E-state index in [2.05, 4.69) is 20.8 Å². The fraction of sp³-hybridized carbons (Fsp3) is 0.667. The predicted octanol–water partition coefficient (Wildman–Crippen LogP) is 2.31. The molecule has 43 valence electrons. The van der Waals surface area contributed by atoms with Crippen LogP contribution >= 0.6 is 0 Å². The van der Waals surface area contributed by atoms with Gasteiger partial charge in [0, 0.05) is 32.7 Å². The first-order chi connectivity index (χ1) is 2.27. The van der Waals surface area contributed by atoms with Crippen molar-refractivity contribution in [2.24, 2.45) is 5.92 Å². The quantitative estimate of drug-likeness (QED) is 0.536. The molecule has 0 saturated heterocycles. The Morgan fingerprint density at radius 3 is 1.57 bits per heavy atom. The Bertz CT molecular complexity index is 18.1. The van der Waals surface area contributed by atoms with Gasteiger partial charge < -0.3 is 14.4 Å². The van der Waals surface area contributed by atoms with Crippen molar-refractivity contribution in [2.75, 3.05) is 0 Å². The van der Waals surface area contributed by atoms with Crippen LogP contribution < -0.4 is 0 Å². The van der Waals surface area contributed by atoms with E-state index in [1.54, 1.807) is 0 Å². The van der Waals surface area contributed by atoms with Crippen molar-refractivity contribution in [3.8, 4) is 0 Å². The first kappa shape index (κ1) is 15.7. The van der Waals surface area contributed by atoms with Gasteiger partial charge in [-0.2, -0.15) is 6.42 Å². The van der Waals surface area contributed by atoms with Gasteiger partial charge in [0.25, 0.3) is 0 Å². The van der Waals surface area contributed by atoms with Crippen molar-refractivity contribution in [3.63, 3.8) is 0 Å². The van der Waals surface area contributed by atoms with Gasteiger partial charge in [-0.15, -0.1) is 0 Å². The standard InChI is InChI=1S/C5H11.CH3.Y/c1-4-5(2)3;;/h5H,1,4H2,2-3H3;1H3;/q2*-1;. The predicted molar refractivity (Wildman–Crippen MR) is 31.2 cm³/mol. The third-order valence-electron chi connectivity index (χ3n) is 0.577. The van der Waals surface area contributed by atoms with E-state index in [-0.39, 0.29) is 40.1 Å². The van der Waals surface area contributed by atoms with Crippen LogP contribution in [0.1, 0.15) is 20.3 Å². The average molecular weight is 175 g/mol. The summed E-state index contributed by atoms with van der Waals surface area (Å²) in [5.41, 5.74) is 0. The van der Waals surface area contributed by atoms with Crippen molar-refractivity contribution < 1.29 is 32.7 Å². The molecular weight excluding hydrogens is 161 g/mol. The Morgan fingerprint density at radius 1 is 1.43 bits per heavy atom. The molecule has 0 nitrogen and oxygen atoms in total. The van der Waals surface area contributed by atoms with Crippen molar-refractivity contribution in [1.82, 2.24) is 0 Å². The zero-order valence-electron chi connectivity index (χ0n) is 5.57. The fourth-order valence-corrected chi connectivity index (χ4v) is 0. The molecule has 1 heteroatoms. The molecule has 0 rings (SSSR count). The molecule has 0 saturated carbocycles. The molecule has 0 aromatic carbocycles. The smallest absolute Gasteiger partial charge is 0 e. The summed E-state index contributed by atoms with van der Waals surface area (Å²) in [5.74, 6) is 0.773. The van der Waals surface area contributed by atoms with Crippen LogP contribution in [0.15, 0.2) is 0 Å². The SMILES string of the molecule is [CH2-]CC(C)C.[CH3-].[Y]. The van der Waals surface area contributed by atoms with Gasteiger partial charge in [-0.05, 0) is 0 Å². The van der Waals surface area contributed by atoms with Crippen LogP contribution in [0.5, 0.6) is 0 Å². The van der Waals surface area contributed by atoms with E-state index in [1.807, 2.05) is 0 Å². The molecule has 0 fully saturated rings. The van der Waals surface area contributed by atoms with Crippen LogP contribution in [0.25, 0.3) is 0 Å². The second-order valence-corrected chi connectivity index (χ2v) is 1.68. The Kier molecular flexibility index (Phi) is 22.8. The summed E-state index contributed by atoms with van der Waals surface area (Å²) in [6, 6.07) is 0. The summed E-state index contributed by atoms with van der Waals surface area (Å²) >= 11 is 0. The molecule has 0 bridgehead atoms. The Labute approximate surface area is 73.0 Å². The molecule has 0 heterocycles. The zero-order chi connectivity index (χ0) is 4.28. The summed E-state index contributed by atoms with van der Waals surface area (Å²) in [7, 11) is 0. The Morgan fingerprint density at radius 2 is 1.57 bits per heavy atom. The summed E-state index contributed by atoms with van der Waals surface area (Å²) in [6.07, 6.45) is 1.06. The van der Waals surface area contributed by atoms with Crippen LogP contribution in [0, 0.1) is 20.3 Å². The summed E-state index contributed by atoms with van der Waals surface area (Å²) in [4.78, 5) is 0. The minimum atomic E-state index is 0. The molecule has 0 aliphatic rings. The van der Waals surface area contributed by atoms with E-state index in [4.69, 9.17) is 0 Å². The molecule has 0 atom stereocenters. The van der Waals surface area contributed by atoms with Crippen LogP contribution in [0.2, 0.25) is 0 Å². The maximum Gasteiger partial charge on any atom is 0 e. The fourth-order valence-electron chi connectivity index (χ4n) is 0. The molecular formula is C6H14Y-2. The van der Waals surface area contributed by atoms with Crippen LogP contribution in [-0.4, -0.2) is 0 Å². The summed E-state index contributed by atoms with van der Waals surface area (Å²) < 4.78 is 0. The van der Waals surface area contributed by atoms with Crippen molar-refractivity contribution >= 4 is 0 Å². The van der Waals surface area contributed by atoms with E-state index in [9.17, 15) is 0 Å². The summed E-state index contributed by atoms with van der Waals surface area (Å²) in [5, 5.41) is 0. The van der Waals surface area contributed by atoms with Crippen LogP contribution in [0.3, 0.4) is 0 Å². The molecule has 0 aromatic rings. The third kappa shape index (κ3) is 19.2. The number of hydrogen-bond acceptors (Lipinski definition) is 0. The number of hydrogen-bond donors (Lipinski definition) is 0. The summed E-state index contributed by atoms with van der Waals surface area (Å²) in [6.45, 7) is 8.00. The molecule has 0 aliphatic carbocycles. The van der Waals surface area contributed by atoms with E-state index >= 15 is 0 Å². The van der Waals surface area contributed by atoms with Crippen molar-refractivity contribution in [3.05, 3.63) is 14.4 Å². The third-order valence-corrected chi connectivity index (χ3v) is 0.577. The van der Waals surface area contributed by atoms with Gasteiger partial charge >= 0.3 is 0 Å². The second kappa shape index (κ2) is 10.2. The molecule has 0 aromatic heterocycles. The van der Waals surface area contributed by atoms with Crippen molar-refractivity contribution in [2.45, 2.75) is 20.3 Å². The first-order valence-corrected chi connectivity index (χ1v) is 2.06. The minimum Gasteiger partial charge on any atom is -0.358 e. The van der Waals surface area contributed by atoms with Gasteiger partial charge in [0.05, 0.1) is 0 Å². The molecule has 0 N–H and O–H groups in total. The van der Waals surface area contributed by atoms with Gasteiger partial charge in [-0.25, -0.2) is 0 Å². The van der Waals surface area contributed by atoms with E-state index in [0.717, 1.165) is 12.3 Å². The average Bonchev–Trinajstić information content (AvgIpc) is 1.38. The minimum absolute atomic E-state index is 0. The maximum atomic E-state index is 3.69. The van der Waals surface area contributed by atoms with Crippen LogP contribution in [0.4, 0.5) is 0 Å². The molecule has 1 radical (unpaired) electrons. The molecule has 7 heavy (non-hydrogen) atoms. The monoisotopic (exact) mass is 175 g/mol. The molecule has 0 unspecified atom stereocenters. The molecule has 0 aliphatic heterocycles. The van der Waals surface area contributed by atoms with E-state index in [1.165, 1.54) is 0 Å². The maximum absolute atomic E-state index is 3.69. The van der Waals surface area contributed by atoms with E-state index < -0.39 is 0 Å². The Balaban J connectivity index is -0.0000000800. The van der Waals surface area contributed by atoms with Gasteiger partial charge in [-0.1, -0.05) is 19.8 Å².